The molecule has 0 radical (unpaired) electrons. The molecule has 2 N–H and O–H groups in total. The number of carbonyl (C=O) groups is 3. The maximum atomic E-state index is 12.7. The van der Waals surface area contributed by atoms with Gasteiger partial charge in [-0.25, -0.2) is 14.2 Å². The van der Waals surface area contributed by atoms with E-state index in [1.54, 1.807) is 57.6 Å². The van der Waals surface area contributed by atoms with Crippen LogP contribution in [0.15, 0.2) is 49.1 Å². The van der Waals surface area contributed by atoms with Gasteiger partial charge in [-0.3, -0.25) is 19.3 Å². The standard InChI is InChI=1S/C18H23N3O5.C12H13IN2O2/c1-18(2,3)26-17(24)21-9-11(15-13(21)5-4-7-19-15)16(23)20-12-6-8-25-10-14(12)22;1-12(2,3)17-11(16)15-7-8(13)10-9(15)5-4-6-14-10/h4-5,7,9,12,14,22H,6,8,10H2,1-3H3,(H,20,23);4-7H,1-3H3/t12?,14-;/m0./s1. The van der Waals surface area contributed by atoms with Gasteiger partial charge in [-0.15, -0.1) is 0 Å². The Hall–Kier alpha value is -3.56. The number of aliphatic hydroxyl groups is 1. The van der Waals surface area contributed by atoms with Crippen molar-refractivity contribution < 1.29 is 33.7 Å². The highest BCUT2D eigenvalue weighted by Crippen LogP contribution is 2.23. The van der Waals surface area contributed by atoms with Gasteiger partial charge in [-0.05, 0) is 94.8 Å². The predicted octanol–water partition coefficient (Wildman–Crippen LogP) is 5.12. The van der Waals surface area contributed by atoms with E-state index in [1.165, 1.54) is 15.3 Å². The zero-order chi connectivity index (χ0) is 31.5. The van der Waals surface area contributed by atoms with Gasteiger partial charge in [0.25, 0.3) is 5.91 Å². The fourth-order valence-corrected chi connectivity index (χ4v) is 5.00. The van der Waals surface area contributed by atoms with E-state index in [4.69, 9.17) is 14.2 Å². The summed E-state index contributed by atoms with van der Waals surface area (Å²) < 4.78 is 19.6. The van der Waals surface area contributed by atoms with E-state index in [0.29, 0.717) is 24.1 Å². The SMILES string of the molecule is CC(C)(C)OC(=O)n1cc(C(=O)NC2CCOC[C@@H]2O)c2ncccc21.CC(C)(C)OC(=O)n1cc(I)c2ncccc21. The first-order valence-corrected chi connectivity index (χ1v) is 14.8. The summed E-state index contributed by atoms with van der Waals surface area (Å²) in [4.78, 5) is 45.7. The topological polar surface area (TPSA) is 147 Å². The molecule has 12 nitrogen and oxygen atoms in total. The smallest absolute Gasteiger partial charge is 0.419 e. The lowest BCUT2D eigenvalue weighted by Crippen LogP contribution is -2.48. The van der Waals surface area contributed by atoms with Crippen molar-refractivity contribution >= 4 is 62.8 Å². The first-order chi connectivity index (χ1) is 20.1. The molecule has 1 amide bonds. The second kappa shape index (κ2) is 13.0. The monoisotopic (exact) mass is 705 g/mol. The Kier molecular flexibility index (Phi) is 9.76. The molecule has 1 aliphatic rings. The molecule has 1 unspecified atom stereocenters. The largest absolute Gasteiger partial charge is 0.443 e. The number of aliphatic hydroxyl groups excluding tert-OH is 1. The molecule has 2 atom stereocenters. The Balaban J connectivity index is 0.000000215. The van der Waals surface area contributed by atoms with Crippen LogP contribution >= 0.6 is 22.6 Å². The number of pyridine rings is 2. The number of carbonyl (C=O) groups excluding carboxylic acids is 3. The molecule has 0 aliphatic carbocycles. The van der Waals surface area contributed by atoms with Crippen molar-refractivity contribution in [3.8, 4) is 0 Å². The summed E-state index contributed by atoms with van der Waals surface area (Å²) >= 11 is 2.16. The van der Waals surface area contributed by atoms with Crippen LogP contribution in [0.1, 0.15) is 58.3 Å². The van der Waals surface area contributed by atoms with Crippen LogP contribution in [0, 0.1) is 3.57 Å². The average Bonchev–Trinajstić information content (AvgIpc) is 3.47. The highest BCUT2D eigenvalue weighted by Gasteiger charge is 2.28. The summed E-state index contributed by atoms with van der Waals surface area (Å²) in [7, 11) is 0. The van der Waals surface area contributed by atoms with Gasteiger partial charge >= 0.3 is 12.2 Å². The molecule has 230 valence electrons. The highest BCUT2D eigenvalue weighted by molar-refractivity contribution is 14.1. The van der Waals surface area contributed by atoms with Gasteiger partial charge in [0.15, 0.2) is 0 Å². The number of aromatic nitrogens is 4. The number of halogens is 1. The Morgan fingerprint density at radius 1 is 0.930 bits per heavy atom. The molecule has 43 heavy (non-hydrogen) atoms. The number of hydrogen-bond donors (Lipinski definition) is 2. The summed E-state index contributed by atoms with van der Waals surface area (Å²) in [6, 6.07) is 6.65. The second-order valence-electron chi connectivity index (χ2n) is 12.0. The number of nitrogens with zero attached hydrogens (tertiary/aromatic N) is 4. The van der Waals surface area contributed by atoms with Crippen LogP contribution in [0.2, 0.25) is 0 Å². The van der Waals surface area contributed by atoms with E-state index >= 15 is 0 Å². The number of fused-ring (bicyclic) bond motifs is 2. The molecule has 5 rings (SSSR count). The van der Waals surface area contributed by atoms with Crippen LogP contribution in [0.5, 0.6) is 0 Å². The van der Waals surface area contributed by atoms with Crippen LogP contribution in [0.4, 0.5) is 9.59 Å². The van der Waals surface area contributed by atoms with Gasteiger partial charge in [-0.2, -0.15) is 0 Å². The Labute approximate surface area is 262 Å². The second-order valence-corrected chi connectivity index (χ2v) is 13.1. The molecule has 0 spiro atoms. The van der Waals surface area contributed by atoms with Crippen LogP contribution < -0.4 is 5.32 Å². The molecule has 1 fully saturated rings. The number of ether oxygens (including phenoxy) is 3. The lowest BCUT2D eigenvalue weighted by molar-refractivity contribution is -0.0260. The van der Waals surface area contributed by atoms with Gasteiger partial charge in [0.05, 0.1) is 38.9 Å². The number of rotatable bonds is 2. The van der Waals surface area contributed by atoms with Crippen LogP contribution in [-0.4, -0.2) is 78.9 Å². The number of amides is 1. The summed E-state index contributed by atoms with van der Waals surface area (Å²) in [6.07, 6.45) is 5.23. The molecule has 0 bridgehead atoms. The Bertz CT molecular complexity index is 1630. The van der Waals surface area contributed by atoms with Crippen molar-refractivity contribution in [1.29, 1.82) is 0 Å². The Morgan fingerprint density at radius 3 is 2.02 bits per heavy atom. The summed E-state index contributed by atoms with van der Waals surface area (Å²) in [6.45, 7) is 11.5. The van der Waals surface area contributed by atoms with E-state index in [0.717, 1.165) is 14.6 Å². The van der Waals surface area contributed by atoms with Crippen molar-refractivity contribution in [3.63, 3.8) is 0 Å². The zero-order valence-electron chi connectivity index (χ0n) is 25.0. The first kappa shape index (κ1) is 32.4. The van der Waals surface area contributed by atoms with Gasteiger partial charge in [0, 0.05) is 31.4 Å². The van der Waals surface area contributed by atoms with Crippen LogP contribution in [-0.2, 0) is 14.2 Å². The molecule has 4 aromatic rings. The van der Waals surface area contributed by atoms with Gasteiger partial charge in [0.2, 0.25) is 0 Å². The molecule has 4 aromatic heterocycles. The molecular formula is C30H36IN5O7. The normalized spacial score (nSPS) is 17.2. The minimum absolute atomic E-state index is 0.183. The van der Waals surface area contributed by atoms with Crippen molar-refractivity contribution in [3.05, 3.63) is 58.2 Å². The number of hydrogen-bond acceptors (Lipinski definition) is 9. The summed E-state index contributed by atoms with van der Waals surface area (Å²) in [5, 5.41) is 12.8. The predicted molar refractivity (Wildman–Crippen MR) is 168 cm³/mol. The minimum Gasteiger partial charge on any atom is -0.443 e. The number of nitrogens with one attached hydrogen (secondary N) is 1. The molecule has 0 saturated carbocycles. The van der Waals surface area contributed by atoms with Crippen molar-refractivity contribution in [2.24, 2.45) is 0 Å². The third kappa shape index (κ3) is 8.09. The molecule has 13 heteroatoms. The fourth-order valence-electron chi connectivity index (χ4n) is 4.31. The van der Waals surface area contributed by atoms with Crippen molar-refractivity contribution in [2.45, 2.75) is 71.3 Å². The van der Waals surface area contributed by atoms with E-state index in [9.17, 15) is 19.5 Å². The highest BCUT2D eigenvalue weighted by atomic mass is 127. The van der Waals surface area contributed by atoms with Crippen molar-refractivity contribution in [1.82, 2.24) is 24.4 Å². The van der Waals surface area contributed by atoms with E-state index < -0.39 is 35.3 Å². The Morgan fingerprint density at radius 2 is 1.47 bits per heavy atom. The summed E-state index contributed by atoms with van der Waals surface area (Å²) in [5.74, 6) is -0.401. The first-order valence-electron chi connectivity index (χ1n) is 13.8. The fraction of sp³-hybridized carbons (Fsp3) is 0.433. The van der Waals surface area contributed by atoms with E-state index in [2.05, 4.69) is 37.9 Å². The van der Waals surface area contributed by atoms with E-state index in [1.807, 2.05) is 26.8 Å². The van der Waals surface area contributed by atoms with E-state index in [-0.39, 0.29) is 18.3 Å². The molecule has 5 heterocycles. The lowest BCUT2D eigenvalue weighted by atomic mass is 10.1. The van der Waals surface area contributed by atoms with Crippen LogP contribution in [0.25, 0.3) is 22.1 Å². The van der Waals surface area contributed by atoms with Crippen LogP contribution in [0.3, 0.4) is 0 Å². The third-order valence-corrected chi connectivity index (χ3v) is 6.93. The van der Waals surface area contributed by atoms with Gasteiger partial charge in [0.1, 0.15) is 22.2 Å². The lowest BCUT2D eigenvalue weighted by Gasteiger charge is -2.28. The quantitative estimate of drug-likeness (QED) is 0.271. The van der Waals surface area contributed by atoms with Crippen molar-refractivity contribution in [2.75, 3.05) is 13.2 Å². The van der Waals surface area contributed by atoms with Gasteiger partial charge in [-0.1, -0.05) is 0 Å². The molecule has 0 aromatic carbocycles. The maximum absolute atomic E-state index is 12.7. The third-order valence-electron chi connectivity index (χ3n) is 6.14. The summed E-state index contributed by atoms with van der Waals surface area (Å²) in [5.41, 5.74) is 1.57. The maximum Gasteiger partial charge on any atom is 0.419 e. The molecule has 1 saturated heterocycles. The zero-order valence-corrected chi connectivity index (χ0v) is 27.1. The molecule has 1 aliphatic heterocycles. The average molecular weight is 706 g/mol. The molecular weight excluding hydrogens is 669 g/mol. The minimum atomic E-state index is -0.764. The van der Waals surface area contributed by atoms with Gasteiger partial charge < -0.3 is 24.6 Å².